The molecule has 17 heavy (non-hydrogen) atoms. The van der Waals surface area contributed by atoms with Gasteiger partial charge in [0, 0.05) is 18.4 Å². The van der Waals surface area contributed by atoms with Crippen LogP contribution in [-0.2, 0) is 15.6 Å². The fraction of sp³-hybridized carbons (Fsp3) is 0.636. The van der Waals surface area contributed by atoms with E-state index in [4.69, 9.17) is 5.73 Å². The summed E-state index contributed by atoms with van der Waals surface area (Å²) in [5, 5.41) is -0.159. The average molecular weight is 255 g/mol. The van der Waals surface area contributed by atoms with Crippen LogP contribution >= 0.6 is 0 Å². The van der Waals surface area contributed by atoms with Crippen LogP contribution < -0.4 is 5.73 Å². The molecule has 0 amide bonds. The van der Waals surface area contributed by atoms with Gasteiger partial charge in [-0.15, -0.1) is 0 Å². The lowest BCUT2D eigenvalue weighted by molar-refractivity contribution is 0.592. The van der Waals surface area contributed by atoms with Crippen molar-refractivity contribution in [1.82, 2.24) is 9.97 Å². The molecule has 0 spiro atoms. The fourth-order valence-corrected chi connectivity index (χ4v) is 3.27. The Balaban J connectivity index is 2.16. The van der Waals surface area contributed by atoms with Crippen LogP contribution in [0.1, 0.15) is 43.6 Å². The molecule has 0 radical (unpaired) electrons. The van der Waals surface area contributed by atoms with Crippen LogP contribution in [0, 0.1) is 0 Å². The predicted molar refractivity (Wildman–Crippen MR) is 64.9 cm³/mol. The molecule has 5 nitrogen and oxygen atoms in total. The molecule has 1 atom stereocenters. The largest absolute Gasteiger partial charge is 0.323 e. The second kappa shape index (κ2) is 4.70. The minimum Gasteiger partial charge on any atom is -0.323 e. The number of hydrogen-bond acceptors (Lipinski definition) is 5. The fourth-order valence-electron chi connectivity index (χ4n) is 1.63. The van der Waals surface area contributed by atoms with Crippen LogP contribution in [0.2, 0.25) is 0 Å². The lowest BCUT2D eigenvalue weighted by Gasteiger charge is -2.09. The first-order valence-electron chi connectivity index (χ1n) is 5.81. The lowest BCUT2D eigenvalue weighted by Crippen LogP contribution is -2.15. The maximum atomic E-state index is 11.8. The Morgan fingerprint density at radius 2 is 2.18 bits per heavy atom. The molecule has 0 aromatic carbocycles. The molecular formula is C11H17N3O2S. The van der Waals surface area contributed by atoms with Crippen molar-refractivity contribution in [2.45, 2.75) is 43.2 Å². The Morgan fingerprint density at radius 3 is 2.76 bits per heavy atom. The van der Waals surface area contributed by atoms with E-state index >= 15 is 0 Å². The van der Waals surface area contributed by atoms with E-state index in [2.05, 4.69) is 9.97 Å². The summed E-state index contributed by atoms with van der Waals surface area (Å²) in [5.74, 6) is -0.0189. The van der Waals surface area contributed by atoms with Crippen molar-refractivity contribution in [3.8, 4) is 0 Å². The first-order valence-corrected chi connectivity index (χ1v) is 7.52. The maximum Gasteiger partial charge on any atom is 0.158 e. The average Bonchev–Trinajstić information content (AvgIpc) is 3.11. The summed E-state index contributed by atoms with van der Waals surface area (Å²) in [7, 11) is -3.03. The summed E-state index contributed by atoms with van der Waals surface area (Å²) in [5.41, 5.74) is 7.01. The molecule has 1 aromatic heterocycles. The van der Waals surface area contributed by atoms with Crippen molar-refractivity contribution in [2.75, 3.05) is 0 Å². The third-order valence-corrected chi connectivity index (χ3v) is 5.09. The molecule has 1 aromatic rings. The summed E-state index contributed by atoms with van der Waals surface area (Å²) in [6.07, 6.45) is 5.43. The molecule has 6 heteroatoms. The molecular weight excluding hydrogens is 238 g/mol. The van der Waals surface area contributed by atoms with Gasteiger partial charge in [-0.1, -0.05) is 6.92 Å². The van der Waals surface area contributed by atoms with Crippen molar-refractivity contribution in [3.05, 3.63) is 23.8 Å². The summed E-state index contributed by atoms with van der Waals surface area (Å²) >= 11 is 0. The standard InChI is InChI=1S/C11H17N3O2S/c1-2-10(12)11-6-13-5-8(14-11)7-17(15,16)9-3-4-9/h5-6,9-10H,2-4,7,12H2,1H3. The highest BCUT2D eigenvalue weighted by atomic mass is 32.2. The molecule has 1 unspecified atom stereocenters. The van der Waals surface area contributed by atoms with Crippen molar-refractivity contribution in [2.24, 2.45) is 5.73 Å². The number of nitrogens with zero attached hydrogens (tertiary/aromatic N) is 2. The van der Waals surface area contributed by atoms with Crippen LogP contribution in [0.25, 0.3) is 0 Å². The molecule has 1 heterocycles. The van der Waals surface area contributed by atoms with Gasteiger partial charge in [-0.25, -0.2) is 8.42 Å². The van der Waals surface area contributed by atoms with Crippen LogP contribution in [0.4, 0.5) is 0 Å². The van der Waals surface area contributed by atoms with Crippen LogP contribution in [0.15, 0.2) is 12.4 Å². The van der Waals surface area contributed by atoms with E-state index < -0.39 is 9.84 Å². The van der Waals surface area contributed by atoms with Gasteiger partial charge >= 0.3 is 0 Å². The molecule has 1 saturated carbocycles. The number of rotatable bonds is 5. The minimum atomic E-state index is -3.03. The van der Waals surface area contributed by atoms with Gasteiger partial charge in [-0.05, 0) is 19.3 Å². The zero-order valence-corrected chi connectivity index (χ0v) is 10.7. The molecule has 2 rings (SSSR count). The molecule has 1 aliphatic rings. The van der Waals surface area contributed by atoms with Gasteiger partial charge in [-0.3, -0.25) is 9.97 Å². The third-order valence-electron chi connectivity index (χ3n) is 2.90. The second-order valence-corrected chi connectivity index (χ2v) is 6.74. The Kier molecular flexibility index (Phi) is 3.44. The van der Waals surface area contributed by atoms with E-state index in [-0.39, 0.29) is 17.0 Å². The third kappa shape index (κ3) is 3.01. The normalized spacial score (nSPS) is 18.0. The van der Waals surface area contributed by atoms with E-state index in [1.807, 2.05) is 6.92 Å². The van der Waals surface area contributed by atoms with Gasteiger partial charge in [0.1, 0.15) is 0 Å². The van der Waals surface area contributed by atoms with E-state index in [9.17, 15) is 8.42 Å². The zero-order valence-electron chi connectivity index (χ0n) is 9.83. The van der Waals surface area contributed by atoms with Crippen LogP contribution in [0.3, 0.4) is 0 Å². The van der Waals surface area contributed by atoms with Crippen molar-refractivity contribution >= 4 is 9.84 Å². The molecule has 1 aliphatic carbocycles. The first-order chi connectivity index (χ1) is 8.03. The van der Waals surface area contributed by atoms with E-state index in [1.165, 1.54) is 6.20 Å². The highest BCUT2D eigenvalue weighted by molar-refractivity contribution is 7.91. The van der Waals surface area contributed by atoms with Crippen LogP contribution in [-0.4, -0.2) is 23.6 Å². The highest BCUT2D eigenvalue weighted by Gasteiger charge is 2.35. The Hall–Kier alpha value is -1.01. The maximum absolute atomic E-state index is 11.8. The highest BCUT2D eigenvalue weighted by Crippen LogP contribution is 2.30. The Labute approximate surface area is 101 Å². The molecule has 0 aliphatic heterocycles. The molecule has 1 fully saturated rings. The predicted octanol–water partition coefficient (Wildman–Crippen LogP) is 0.964. The zero-order chi connectivity index (χ0) is 12.5. The number of hydrogen-bond donors (Lipinski definition) is 1. The lowest BCUT2D eigenvalue weighted by atomic mass is 10.2. The number of nitrogens with two attached hydrogens (primary N) is 1. The summed E-state index contributed by atoms with van der Waals surface area (Å²) in [6, 6.07) is -0.175. The Bertz CT molecular complexity index is 497. The smallest absolute Gasteiger partial charge is 0.158 e. The number of sulfone groups is 1. The minimum absolute atomic E-state index is 0.0189. The van der Waals surface area contributed by atoms with Gasteiger partial charge in [-0.2, -0.15) is 0 Å². The number of aromatic nitrogens is 2. The quantitative estimate of drug-likeness (QED) is 0.847. The SMILES string of the molecule is CCC(N)c1cncc(CS(=O)(=O)C2CC2)n1. The van der Waals surface area contributed by atoms with Gasteiger partial charge in [0.15, 0.2) is 9.84 Å². The van der Waals surface area contributed by atoms with E-state index in [0.717, 1.165) is 19.3 Å². The second-order valence-electron chi connectivity index (χ2n) is 4.46. The van der Waals surface area contributed by atoms with Gasteiger partial charge in [0.25, 0.3) is 0 Å². The van der Waals surface area contributed by atoms with E-state index in [1.54, 1.807) is 6.20 Å². The van der Waals surface area contributed by atoms with Gasteiger partial charge < -0.3 is 5.73 Å². The van der Waals surface area contributed by atoms with Crippen LogP contribution in [0.5, 0.6) is 0 Å². The first kappa shape index (κ1) is 12.4. The molecule has 94 valence electrons. The van der Waals surface area contributed by atoms with Crippen molar-refractivity contribution < 1.29 is 8.42 Å². The van der Waals surface area contributed by atoms with E-state index in [0.29, 0.717) is 11.4 Å². The summed E-state index contributed by atoms with van der Waals surface area (Å²) in [4.78, 5) is 8.28. The van der Waals surface area contributed by atoms with Gasteiger partial charge in [0.2, 0.25) is 0 Å². The molecule has 0 saturated heterocycles. The van der Waals surface area contributed by atoms with Crippen molar-refractivity contribution in [3.63, 3.8) is 0 Å². The van der Waals surface area contributed by atoms with Gasteiger partial charge in [0.05, 0.1) is 22.4 Å². The topological polar surface area (TPSA) is 85.9 Å². The monoisotopic (exact) mass is 255 g/mol. The Morgan fingerprint density at radius 1 is 1.47 bits per heavy atom. The summed E-state index contributed by atoms with van der Waals surface area (Å²) in [6.45, 7) is 1.96. The summed E-state index contributed by atoms with van der Waals surface area (Å²) < 4.78 is 23.6. The molecule has 2 N–H and O–H groups in total. The molecule has 0 bridgehead atoms. The van der Waals surface area contributed by atoms with Crippen molar-refractivity contribution in [1.29, 1.82) is 0 Å².